The number of hydrogen-bond donors (Lipinski definition) is 1. The number of nitrogens with one attached hydrogen (secondary N) is 1. The van der Waals surface area contributed by atoms with Crippen LogP contribution in [0.1, 0.15) is 18.7 Å². The second kappa shape index (κ2) is 9.29. The molecule has 0 saturated carbocycles. The molecule has 2 rings (SSSR count). The molecule has 0 bridgehead atoms. The second-order valence-corrected chi connectivity index (χ2v) is 6.50. The lowest BCUT2D eigenvalue weighted by Gasteiger charge is -2.16. The van der Waals surface area contributed by atoms with Gasteiger partial charge in [0.25, 0.3) is 0 Å². The van der Waals surface area contributed by atoms with E-state index in [0.717, 1.165) is 23.5 Å². The summed E-state index contributed by atoms with van der Waals surface area (Å²) in [5.74, 6) is -0.441. The maximum atomic E-state index is 12.2. The molecule has 1 aromatic heterocycles. The molecule has 0 aliphatic carbocycles. The third-order valence-electron chi connectivity index (χ3n) is 3.79. The molecule has 0 saturated heterocycles. The van der Waals surface area contributed by atoms with Crippen molar-refractivity contribution < 1.29 is 14.3 Å². The van der Waals surface area contributed by atoms with E-state index in [1.807, 2.05) is 49.1 Å². The number of methoxy groups -OCH3 is 1. The van der Waals surface area contributed by atoms with Crippen LogP contribution in [-0.4, -0.2) is 48.5 Å². The first-order valence-corrected chi connectivity index (χ1v) is 9.03. The van der Waals surface area contributed by atoms with Gasteiger partial charge in [-0.05, 0) is 13.1 Å². The van der Waals surface area contributed by atoms with Crippen molar-refractivity contribution in [2.45, 2.75) is 20.3 Å². The summed E-state index contributed by atoms with van der Waals surface area (Å²) in [5, 5.41) is 3.33. The molecule has 25 heavy (non-hydrogen) atoms. The Morgan fingerprint density at radius 1 is 1.20 bits per heavy atom. The zero-order valence-electron chi connectivity index (χ0n) is 14.7. The van der Waals surface area contributed by atoms with Crippen LogP contribution in [0.4, 0.5) is 5.13 Å². The fourth-order valence-corrected chi connectivity index (χ4v) is 3.34. The van der Waals surface area contributed by atoms with Gasteiger partial charge in [0.05, 0.1) is 25.8 Å². The van der Waals surface area contributed by atoms with Gasteiger partial charge in [-0.3, -0.25) is 14.5 Å². The van der Waals surface area contributed by atoms with Crippen molar-refractivity contribution in [1.29, 1.82) is 0 Å². The number of anilines is 1. The van der Waals surface area contributed by atoms with Gasteiger partial charge in [-0.1, -0.05) is 44.2 Å². The number of thiazole rings is 1. The monoisotopic (exact) mass is 361 g/mol. The Balaban J connectivity index is 2.22. The van der Waals surface area contributed by atoms with Crippen LogP contribution < -0.4 is 5.32 Å². The Kier molecular flexibility index (Phi) is 7.09. The minimum atomic E-state index is -0.332. The first kappa shape index (κ1) is 19.1. The van der Waals surface area contributed by atoms with Gasteiger partial charge in [0, 0.05) is 10.4 Å². The van der Waals surface area contributed by atoms with Crippen LogP contribution in [-0.2, 0) is 20.7 Å². The van der Waals surface area contributed by atoms with Crippen LogP contribution in [0.25, 0.3) is 11.3 Å². The SMILES string of the molecule is CCN(CC)CC(=O)Nc1nc(-c2ccccc2)c(CC(=O)OC)s1. The van der Waals surface area contributed by atoms with E-state index in [-0.39, 0.29) is 18.3 Å². The largest absolute Gasteiger partial charge is 0.469 e. The zero-order chi connectivity index (χ0) is 18.2. The predicted molar refractivity (Wildman–Crippen MR) is 99.7 cm³/mol. The molecule has 2 aromatic rings. The molecular formula is C18H23N3O3S. The van der Waals surface area contributed by atoms with Crippen molar-refractivity contribution in [2.75, 3.05) is 32.1 Å². The second-order valence-electron chi connectivity index (χ2n) is 5.42. The van der Waals surface area contributed by atoms with Gasteiger partial charge in [-0.2, -0.15) is 0 Å². The van der Waals surface area contributed by atoms with Gasteiger partial charge in [0.1, 0.15) is 0 Å². The quantitative estimate of drug-likeness (QED) is 0.732. The number of hydrogen-bond acceptors (Lipinski definition) is 6. The van der Waals surface area contributed by atoms with E-state index in [9.17, 15) is 9.59 Å². The minimum absolute atomic E-state index is 0.110. The molecule has 7 heteroatoms. The smallest absolute Gasteiger partial charge is 0.310 e. The standard InChI is InChI=1S/C18H23N3O3S/c1-4-21(5-2)12-15(22)19-18-20-17(13-9-7-6-8-10-13)14(25-18)11-16(23)24-3/h6-10H,4-5,11-12H2,1-3H3,(H,19,20,22). The molecule has 1 heterocycles. The van der Waals surface area contributed by atoms with E-state index in [1.54, 1.807) is 0 Å². The lowest BCUT2D eigenvalue weighted by atomic mass is 10.1. The number of ether oxygens (including phenoxy) is 1. The highest BCUT2D eigenvalue weighted by Crippen LogP contribution is 2.31. The van der Waals surface area contributed by atoms with E-state index in [4.69, 9.17) is 4.74 Å². The Hall–Kier alpha value is -2.25. The summed E-state index contributed by atoms with van der Waals surface area (Å²) in [4.78, 5) is 31.2. The normalized spacial score (nSPS) is 10.7. The average molecular weight is 361 g/mol. The van der Waals surface area contributed by atoms with Crippen LogP contribution >= 0.6 is 11.3 Å². The van der Waals surface area contributed by atoms with Gasteiger partial charge in [-0.15, -0.1) is 11.3 Å². The molecule has 1 aromatic carbocycles. The van der Waals surface area contributed by atoms with E-state index in [2.05, 4.69) is 10.3 Å². The highest BCUT2D eigenvalue weighted by Gasteiger charge is 2.18. The highest BCUT2D eigenvalue weighted by atomic mass is 32.1. The van der Waals surface area contributed by atoms with Crippen molar-refractivity contribution in [3.63, 3.8) is 0 Å². The maximum Gasteiger partial charge on any atom is 0.310 e. The molecule has 0 unspecified atom stereocenters. The summed E-state index contributed by atoms with van der Waals surface area (Å²) < 4.78 is 4.76. The van der Waals surface area contributed by atoms with Crippen molar-refractivity contribution in [2.24, 2.45) is 0 Å². The highest BCUT2D eigenvalue weighted by molar-refractivity contribution is 7.16. The summed E-state index contributed by atoms with van der Waals surface area (Å²) >= 11 is 1.31. The average Bonchev–Trinajstić information content (AvgIpc) is 3.02. The van der Waals surface area contributed by atoms with Crippen LogP contribution in [0.5, 0.6) is 0 Å². The first-order valence-electron chi connectivity index (χ1n) is 8.21. The number of aromatic nitrogens is 1. The van der Waals surface area contributed by atoms with Crippen molar-refractivity contribution in [3.8, 4) is 11.3 Å². The van der Waals surface area contributed by atoms with Gasteiger partial charge in [0.2, 0.25) is 5.91 Å². The predicted octanol–water partition coefficient (Wildman–Crippen LogP) is 2.81. The van der Waals surface area contributed by atoms with Crippen LogP contribution in [0.2, 0.25) is 0 Å². The summed E-state index contributed by atoms with van der Waals surface area (Å²) in [6.45, 7) is 5.97. The molecule has 1 N–H and O–H groups in total. The van der Waals surface area contributed by atoms with Crippen LogP contribution in [0.3, 0.4) is 0 Å². The first-order chi connectivity index (χ1) is 12.1. The molecule has 0 aliphatic heterocycles. The Morgan fingerprint density at radius 3 is 2.48 bits per heavy atom. The molecule has 6 nitrogen and oxygen atoms in total. The summed E-state index contributed by atoms with van der Waals surface area (Å²) in [6, 6.07) is 9.60. The minimum Gasteiger partial charge on any atom is -0.469 e. The number of nitrogens with zero attached hydrogens (tertiary/aromatic N) is 2. The number of carbonyl (C=O) groups excluding carboxylic acids is 2. The van der Waals surface area contributed by atoms with Crippen LogP contribution in [0, 0.1) is 0 Å². The van der Waals surface area contributed by atoms with Gasteiger partial charge < -0.3 is 10.1 Å². The fraction of sp³-hybridized carbons (Fsp3) is 0.389. The molecule has 0 atom stereocenters. The number of amides is 1. The fourth-order valence-electron chi connectivity index (χ4n) is 2.36. The third kappa shape index (κ3) is 5.37. The number of carbonyl (C=O) groups is 2. The Morgan fingerprint density at radius 2 is 1.88 bits per heavy atom. The number of rotatable bonds is 8. The summed E-state index contributed by atoms with van der Waals surface area (Å²) in [6.07, 6.45) is 0.129. The molecule has 1 amide bonds. The Labute approximate surface area is 151 Å². The van der Waals surface area contributed by atoms with Crippen molar-refractivity contribution in [3.05, 3.63) is 35.2 Å². The third-order valence-corrected chi connectivity index (χ3v) is 4.76. The lowest BCUT2D eigenvalue weighted by molar-refractivity contribution is -0.139. The molecule has 0 radical (unpaired) electrons. The summed E-state index contributed by atoms with van der Waals surface area (Å²) in [5.41, 5.74) is 1.61. The van der Waals surface area contributed by atoms with E-state index >= 15 is 0 Å². The van der Waals surface area contributed by atoms with Crippen LogP contribution in [0.15, 0.2) is 30.3 Å². The van der Waals surface area contributed by atoms with E-state index in [0.29, 0.717) is 17.4 Å². The molecule has 0 spiro atoms. The van der Waals surface area contributed by atoms with Gasteiger partial charge in [0.15, 0.2) is 5.13 Å². The van der Waals surface area contributed by atoms with Gasteiger partial charge in [-0.25, -0.2) is 4.98 Å². The van der Waals surface area contributed by atoms with Gasteiger partial charge >= 0.3 is 5.97 Å². The maximum absolute atomic E-state index is 12.2. The van der Waals surface area contributed by atoms with E-state index < -0.39 is 0 Å². The Bertz CT molecular complexity index is 712. The molecular weight excluding hydrogens is 338 g/mol. The van der Waals surface area contributed by atoms with Crippen molar-refractivity contribution in [1.82, 2.24) is 9.88 Å². The number of esters is 1. The zero-order valence-corrected chi connectivity index (χ0v) is 15.6. The topological polar surface area (TPSA) is 71.5 Å². The van der Waals surface area contributed by atoms with E-state index in [1.165, 1.54) is 18.4 Å². The number of likely N-dealkylation sites (N-methyl/N-ethyl adjacent to an activating group) is 1. The molecule has 0 aliphatic rings. The lowest BCUT2D eigenvalue weighted by Crippen LogP contribution is -2.32. The summed E-state index contributed by atoms with van der Waals surface area (Å²) in [7, 11) is 1.36. The molecule has 134 valence electrons. The van der Waals surface area contributed by atoms with Crippen molar-refractivity contribution >= 4 is 28.3 Å². The molecule has 0 fully saturated rings. The number of benzene rings is 1.